The van der Waals surface area contributed by atoms with Gasteiger partial charge < -0.3 is 20.3 Å². The van der Waals surface area contributed by atoms with Crippen molar-refractivity contribution in [2.24, 2.45) is 0 Å². The predicted molar refractivity (Wildman–Crippen MR) is 347 cm³/mol. The number of hydrogen-bond donors (Lipinski definition) is 3. The first-order valence-corrected chi connectivity index (χ1v) is 35.4. The molecule has 0 radical (unpaired) electrons. The van der Waals surface area contributed by atoms with Crippen LogP contribution >= 0.6 is 0 Å². The fourth-order valence-corrected chi connectivity index (χ4v) is 10.9. The maximum absolute atomic E-state index is 12.5. The van der Waals surface area contributed by atoms with Crippen LogP contribution in [-0.4, -0.2) is 47.4 Å². The molecule has 1 amide bonds. The molecule has 0 aliphatic carbocycles. The zero-order valence-corrected chi connectivity index (χ0v) is 53.1. The minimum absolute atomic E-state index is 0.00475. The second-order valence-corrected chi connectivity index (χ2v) is 24.2. The van der Waals surface area contributed by atoms with E-state index in [4.69, 9.17) is 4.74 Å². The van der Waals surface area contributed by atoms with Crippen LogP contribution in [0.25, 0.3) is 0 Å². The average Bonchev–Trinajstić information content (AvgIpc) is 3.45. The summed E-state index contributed by atoms with van der Waals surface area (Å²) in [6.45, 7) is 4.94. The van der Waals surface area contributed by atoms with Crippen LogP contribution in [-0.2, 0) is 14.3 Å². The van der Waals surface area contributed by atoms with Crippen LogP contribution in [0.4, 0.5) is 0 Å². The van der Waals surface area contributed by atoms with Gasteiger partial charge in [-0.05, 0) is 89.9 Å². The van der Waals surface area contributed by atoms with Crippen LogP contribution in [0.5, 0.6) is 0 Å². The SMILES string of the molecule is CCCCC/C=C\C/C=C\CCCCCCCC(=O)OCCCCCCCCCCC/C=C\C/C=C\CCCCCCCCCCCC(=O)NC(CO)C(O)CCCCCCCCCCCCCCCCCCCCCCCC. The molecule has 0 aromatic rings. The van der Waals surface area contributed by atoms with Crippen molar-refractivity contribution in [3.63, 3.8) is 0 Å². The third-order valence-corrected chi connectivity index (χ3v) is 16.4. The second kappa shape index (κ2) is 68.3. The molecule has 464 valence electrons. The van der Waals surface area contributed by atoms with E-state index in [9.17, 15) is 19.8 Å². The van der Waals surface area contributed by atoms with Gasteiger partial charge in [0.05, 0.1) is 25.4 Å². The Morgan fingerprint density at radius 2 is 0.633 bits per heavy atom. The van der Waals surface area contributed by atoms with E-state index in [0.29, 0.717) is 25.9 Å². The van der Waals surface area contributed by atoms with Crippen molar-refractivity contribution in [3.05, 3.63) is 48.6 Å². The summed E-state index contributed by atoms with van der Waals surface area (Å²) in [5, 5.41) is 23.4. The van der Waals surface area contributed by atoms with Gasteiger partial charge in [0.25, 0.3) is 0 Å². The highest BCUT2D eigenvalue weighted by Crippen LogP contribution is 2.18. The highest BCUT2D eigenvalue weighted by atomic mass is 16.5. The number of allylic oxidation sites excluding steroid dienone is 8. The van der Waals surface area contributed by atoms with E-state index in [0.717, 1.165) is 57.8 Å². The molecule has 6 heteroatoms. The fraction of sp³-hybridized carbons (Fsp3) is 0.863. The van der Waals surface area contributed by atoms with E-state index < -0.39 is 12.1 Å². The fourth-order valence-electron chi connectivity index (χ4n) is 10.9. The molecule has 0 fully saturated rings. The van der Waals surface area contributed by atoms with Crippen LogP contribution in [0.3, 0.4) is 0 Å². The van der Waals surface area contributed by atoms with Gasteiger partial charge in [-0.25, -0.2) is 0 Å². The van der Waals surface area contributed by atoms with E-state index in [-0.39, 0.29) is 18.5 Å². The molecule has 0 rings (SSSR count). The molecule has 0 spiro atoms. The maximum atomic E-state index is 12.5. The lowest BCUT2D eigenvalue weighted by atomic mass is 10.0. The first kappa shape index (κ1) is 76.8. The van der Waals surface area contributed by atoms with E-state index in [2.05, 4.69) is 67.8 Å². The standard InChI is InChI=1S/C73H137NO5/c1-3-5-7-9-11-13-15-17-19-20-21-22-28-31-34-38-41-45-49-53-57-61-65-71(76)70(69-75)74-72(77)66-62-58-54-50-46-42-39-35-32-29-26-24-23-25-27-30-33-36-40-44-48-52-56-60-64-68-79-73(78)67-63-59-55-51-47-43-37-18-16-14-12-10-8-6-4-2/h12,14,18,24-27,37,70-71,75-76H,3-11,13,15-17,19-23,28-36,38-69H2,1-2H3,(H,74,77)/b14-12-,26-24-,27-25-,37-18-. The van der Waals surface area contributed by atoms with Crippen LogP contribution < -0.4 is 5.32 Å². The van der Waals surface area contributed by atoms with Crippen LogP contribution in [0.1, 0.15) is 380 Å². The lowest BCUT2D eigenvalue weighted by molar-refractivity contribution is -0.143. The zero-order valence-electron chi connectivity index (χ0n) is 53.1. The molecule has 79 heavy (non-hydrogen) atoms. The Morgan fingerprint density at radius 3 is 0.987 bits per heavy atom. The van der Waals surface area contributed by atoms with Crippen molar-refractivity contribution in [3.8, 4) is 0 Å². The lowest BCUT2D eigenvalue weighted by Crippen LogP contribution is -2.45. The van der Waals surface area contributed by atoms with Gasteiger partial charge in [-0.2, -0.15) is 0 Å². The smallest absolute Gasteiger partial charge is 0.305 e. The summed E-state index contributed by atoms with van der Waals surface area (Å²) >= 11 is 0. The van der Waals surface area contributed by atoms with Crippen LogP contribution in [0, 0.1) is 0 Å². The third kappa shape index (κ3) is 64.8. The molecule has 0 aliphatic heterocycles. The molecule has 3 N–H and O–H groups in total. The average molecular weight is 1110 g/mol. The first-order valence-electron chi connectivity index (χ1n) is 35.4. The number of carbonyl (C=O) groups excluding carboxylic acids is 2. The maximum Gasteiger partial charge on any atom is 0.305 e. The number of ether oxygens (including phenoxy) is 1. The van der Waals surface area contributed by atoms with E-state index in [1.165, 1.54) is 289 Å². The Morgan fingerprint density at radius 1 is 0.354 bits per heavy atom. The summed E-state index contributed by atoms with van der Waals surface area (Å²) in [5.74, 6) is -0.0425. The monoisotopic (exact) mass is 1110 g/mol. The van der Waals surface area contributed by atoms with Gasteiger partial charge in [0, 0.05) is 12.8 Å². The molecular weight excluding hydrogens is 971 g/mol. The van der Waals surface area contributed by atoms with Crippen molar-refractivity contribution < 1.29 is 24.5 Å². The summed E-state index contributed by atoms with van der Waals surface area (Å²) in [5.41, 5.74) is 0. The number of amides is 1. The zero-order chi connectivity index (χ0) is 57.1. The van der Waals surface area contributed by atoms with E-state index >= 15 is 0 Å². The van der Waals surface area contributed by atoms with E-state index in [1.54, 1.807) is 0 Å². The minimum atomic E-state index is -0.671. The number of carbonyl (C=O) groups is 2. The number of esters is 1. The number of aliphatic hydroxyl groups excluding tert-OH is 2. The minimum Gasteiger partial charge on any atom is -0.466 e. The summed E-state index contributed by atoms with van der Waals surface area (Å²) in [7, 11) is 0. The van der Waals surface area contributed by atoms with Gasteiger partial charge in [0.2, 0.25) is 5.91 Å². The highest BCUT2D eigenvalue weighted by molar-refractivity contribution is 5.76. The molecule has 0 saturated heterocycles. The number of hydrogen-bond acceptors (Lipinski definition) is 5. The Kier molecular flexibility index (Phi) is 66.4. The van der Waals surface area contributed by atoms with Gasteiger partial charge >= 0.3 is 5.97 Å². The van der Waals surface area contributed by atoms with Gasteiger partial charge in [-0.3, -0.25) is 9.59 Å². The van der Waals surface area contributed by atoms with Crippen molar-refractivity contribution >= 4 is 11.9 Å². The van der Waals surface area contributed by atoms with Crippen molar-refractivity contribution in [1.82, 2.24) is 5.32 Å². The van der Waals surface area contributed by atoms with Crippen molar-refractivity contribution in [2.75, 3.05) is 13.2 Å². The second-order valence-electron chi connectivity index (χ2n) is 24.2. The predicted octanol–water partition coefficient (Wildman–Crippen LogP) is 22.9. The molecule has 0 aliphatic rings. The third-order valence-electron chi connectivity index (χ3n) is 16.4. The molecule has 2 unspecified atom stereocenters. The molecule has 0 aromatic carbocycles. The van der Waals surface area contributed by atoms with Gasteiger partial charge in [0.15, 0.2) is 0 Å². The number of rotatable bonds is 66. The summed E-state index contributed by atoms with van der Waals surface area (Å²) in [4.78, 5) is 24.6. The number of aliphatic hydroxyl groups is 2. The Hall–Kier alpha value is -2.18. The number of nitrogens with one attached hydrogen (secondary N) is 1. The van der Waals surface area contributed by atoms with Gasteiger partial charge in [-0.15, -0.1) is 0 Å². The largest absolute Gasteiger partial charge is 0.466 e. The Balaban J connectivity index is 3.44. The lowest BCUT2D eigenvalue weighted by Gasteiger charge is -2.22. The molecule has 0 aromatic heterocycles. The van der Waals surface area contributed by atoms with Gasteiger partial charge in [-0.1, -0.05) is 326 Å². The van der Waals surface area contributed by atoms with Crippen molar-refractivity contribution in [2.45, 2.75) is 392 Å². The topological polar surface area (TPSA) is 95.9 Å². The summed E-state index contributed by atoms with van der Waals surface area (Å²) in [6.07, 6.45) is 88.6. The quantitative estimate of drug-likeness (QED) is 0.0320. The van der Waals surface area contributed by atoms with Crippen LogP contribution in [0.2, 0.25) is 0 Å². The normalized spacial score (nSPS) is 12.8. The van der Waals surface area contributed by atoms with Crippen LogP contribution in [0.15, 0.2) is 48.6 Å². The molecule has 2 atom stereocenters. The Labute approximate surface area is 493 Å². The van der Waals surface area contributed by atoms with Gasteiger partial charge in [0.1, 0.15) is 0 Å². The van der Waals surface area contributed by atoms with E-state index in [1.807, 2.05) is 0 Å². The molecule has 6 nitrogen and oxygen atoms in total. The molecule has 0 saturated carbocycles. The molecule has 0 heterocycles. The molecule has 0 bridgehead atoms. The van der Waals surface area contributed by atoms with Crippen molar-refractivity contribution in [1.29, 1.82) is 0 Å². The Bertz CT molecular complexity index is 1320. The highest BCUT2D eigenvalue weighted by Gasteiger charge is 2.20. The summed E-state index contributed by atoms with van der Waals surface area (Å²) in [6, 6.07) is -0.548. The first-order chi connectivity index (χ1) is 39.0. The molecular formula is C73H137NO5. The number of unbranched alkanes of at least 4 members (excludes halogenated alkanes) is 47. The summed E-state index contributed by atoms with van der Waals surface area (Å²) < 4.78 is 5.48.